The van der Waals surface area contributed by atoms with Crippen LogP contribution in [0.5, 0.6) is 0 Å². The van der Waals surface area contributed by atoms with Gasteiger partial charge in [-0.1, -0.05) is 6.92 Å². The first kappa shape index (κ1) is 14.3. The van der Waals surface area contributed by atoms with Crippen LogP contribution >= 0.6 is 11.8 Å². The van der Waals surface area contributed by atoms with Crippen LogP contribution in [0.4, 0.5) is 0 Å². The summed E-state index contributed by atoms with van der Waals surface area (Å²) < 4.78 is 5.96. The lowest BCUT2D eigenvalue weighted by molar-refractivity contribution is -0.0150. The molecule has 0 saturated carbocycles. The van der Waals surface area contributed by atoms with Crippen LogP contribution in [0.1, 0.15) is 47.0 Å². The predicted octanol–water partition coefficient (Wildman–Crippen LogP) is 3.07. The third-order valence-electron chi connectivity index (χ3n) is 3.15. The highest BCUT2D eigenvalue weighted by Crippen LogP contribution is 2.28. The standard InChI is InChI=1S/C13H27NOS/c1-5-16-9-7-11(2)14-10-12-6-8-13(3,4)15-12/h11-12,14H,5-10H2,1-4H3. The van der Waals surface area contributed by atoms with E-state index in [1.54, 1.807) is 0 Å². The van der Waals surface area contributed by atoms with E-state index in [9.17, 15) is 0 Å². The summed E-state index contributed by atoms with van der Waals surface area (Å²) in [4.78, 5) is 0. The van der Waals surface area contributed by atoms with E-state index in [1.165, 1.54) is 30.8 Å². The Labute approximate surface area is 105 Å². The van der Waals surface area contributed by atoms with E-state index in [1.807, 2.05) is 11.8 Å². The second kappa shape index (κ2) is 6.87. The number of rotatable bonds is 7. The van der Waals surface area contributed by atoms with Crippen molar-refractivity contribution in [3.05, 3.63) is 0 Å². The monoisotopic (exact) mass is 245 g/mol. The number of thioether (sulfide) groups is 1. The zero-order valence-corrected chi connectivity index (χ0v) is 12.0. The first-order chi connectivity index (χ1) is 7.53. The SMILES string of the molecule is CCSCCC(C)NCC1CCC(C)(C)O1. The summed E-state index contributed by atoms with van der Waals surface area (Å²) in [6.45, 7) is 9.89. The Morgan fingerprint density at radius 2 is 2.25 bits per heavy atom. The molecule has 3 heteroatoms. The molecule has 1 saturated heterocycles. The number of nitrogens with one attached hydrogen (secondary N) is 1. The van der Waals surface area contributed by atoms with Gasteiger partial charge in [0, 0.05) is 12.6 Å². The summed E-state index contributed by atoms with van der Waals surface area (Å²) in [5, 5.41) is 3.58. The number of hydrogen-bond donors (Lipinski definition) is 1. The maximum Gasteiger partial charge on any atom is 0.0707 e. The molecule has 0 aromatic carbocycles. The van der Waals surface area contributed by atoms with Crippen LogP contribution in [0, 0.1) is 0 Å². The van der Waals surface area contributed by atoms with E-state index in [-0.39, 0.29) is 5.60 Å². The molecule has 2 atom stereocenters. The topological polar surface area (TPSA) is 21.3 Å². The van der Waals surface area contributed by atoms with Crippen LogP contribution in [0.2, 0.25) is 0 Å². The van der Waals surface area contributed by atoms with Gasteiger partial charge in [-0.25, -0.2) is 0 Å². The van der Waals surface area contributed by atoms with Crippen LogP contribution in [0.25, 0.3) is 0 Å². The smallest absolute Gasteiger partial charge is 0.0707 e. The lowest BCUT2D eigenvalue weighted by Crippen LogP contribution is -2.35. The lowest BCUT2D eigenvalue weighted by atomic mass is 10.1. The van der Waals surface area contributed by atoms with E-state index >= 15 is 0 Å². The minimum Gasteiger partial charge on any atom is -0.371 e. The van der Waals surface area contributed by atoms with E-state index in [4.69, 9.17) is 4.74 Å². The highest BCUT2D eigenvalue weighted by Gasteiger charge is 2.31. The van der Waals surface area contributed by atoms with Crippen molar-refractivity contribution in [2.75, 3.05) is 18.1 Å². The Morgan fingerprint density at radius 3 is 2.81 bits per heavy atom. The zero-order chi connectivity index (χ0) is 12.0. The molecule has 2 nitrogen and oxygen atoms in total. The van der Waals surface area contributed by atoms with Crippen LogP contribution in [-0.4, -0.2) is 35.8 Å². The lowest BCUT2D eigenvalue weighted by Gasteiger charge is -2.21. The molecule has 0 bridgehead atoms. The van der Waals surface area contributed by atoms with Crippen molar-refractivity contribution in [2.45, 2.75) is 64.7 Å². The van der Waals surface area contributed by atoms with Gasteiger partial charge in [0.2, 0.25) is 0 Å². The van der Waals surface area contributed by atoms with Crippen molar-refractivity contribution < 1.29 is 4.74 Å². The molecular formula is C13H27NOS. The van der Waals surface area contributed by atoms with Gasteiger partial charge >= 0.3 is 0 Å². The Hall–Kier alpha value is 0.270. The maximum absolute atomic E-state index is 5.96. The van der Waals surface area contributed by atoms with Crippen LogP contribution < -0.4 is 5.32 Å². The molecular weight excluding hydrogens is 218 g/mol. The molecule has 1 rings (SSSR count). The predicted molar refractivity (Wildman–Crippen MR) is 73.3 cm³/mol. The Kier molecular flexibility index (Phi) is 6.16. The van der Waals surface area contributed by atoms with Gasteiger partial charge in [-0.2, -0.15) is 11.8 Å². The molecule has 0 aromatic heterocycles. The van der Waals surface area contributed by atoms with Crippen molar-refractivity contribution in [3.8, 4) is 0 Å². The average Bonchev–Trinajstić information content (AvgIpc) is 2.56. The highest BCUT2D eigenvalue weighted by atomic mass is 32.2. The molecule has 0 radical (unpaired) electrons. The molecule has 16 heavy (non-hydrogen) atoms. The molecule has 1 aliphatic rings. The second-order valence-electron chi connectivity index (χ2n) is 5.33. The van der Waals surface area contributed by atoms with E-state index in [0.29, 0.717) is 12.1 Å². The summed E-state index contributed by atoms with van der Waals surface area (Å²) in [6.07, 6.45) is 4.08. The van der Waals surface area contributed by atoms with Gasteiger partial charge in [-0.3, -0.25) is 0 Å². The Balaban J connectivity index is 2.06. The third kappa shape index (κ3) is 5.55. The molecule has 1 fully saturated rings. The second-order valence-corrected chi connectivity index (χ2v) is 6.73. The van der Waals surface area contributed by atoms with Crippen LogP contribution in [-0.2, 0) is 4.74 Å². The quantitative estimate of drug-likeness (QED) is 0.697. The van der Waals surface area contributed by atoms with Crippen molar-refractivity contribution in [3.63, 3.8) is 0 Å². The van der Waals surface area contributed by atoms with Gasteiger partial charge in [0.1, 0.15) is 0 Å². The van der Waals surface area contributed by atoms with Gasteiger partial charge in [0.25, 0.3) is 0 Å². The first-order valence-corrected chi connectivity index (χ1v) is 7.68. The van der Waals surface area contributed by atoms with Crippen molar-refractivity contribution in [1.29, 1.82) is 0 Å². The number of hydrogen-bond acceptors (Lipinski definition) is 3. The van der Waals surface area contributed by atoms with Crippen molar-refractivity contribution in [1.82, 2.24) is 5.32 Å². The van der Waals surface area contributed by atoms with E-state index < -0.39 is 0 Å². The summed E-state index contributed by atoms with van der Waals surface area (Å²) in [7, 11) is 0. The summed E-state index contributed by atoms with van der Waals surface area (Å²) >= 11 is 2.02. The number of ether oxygens (including phenoxy) is 1. The molecule has 0 aromatic rings. The first-order valence-electron chi connectivity index (χ1n) is 6.52. The third-order valence-corrected chi connectivity index (χ3v) is 4.08. The average molecular weight is 245 g/mol. The molecule has 1 N–H and O–H groups in total. The Bertz CT molecular complexity index is 196. The van der Waals surface area contributed by atoms with Crippen LogP contribution in [0.3, 0.4) is 0 Å². The minimum atomic E-state index is 0.105. The molecule has 0 amide bonds. The molecule has 2 unspecified atom stereocenters. The largest absolute Gasteiger partial charge is 0.371 e. The molecule has 0 aliphatic carbocycles. The van der Waals surface area contributed by atoms with Gasteiger partial charge in [0.05, 0.1) is 11.7 Å². The van der Waals surface area contributed by atoms with Gasteiger partial charge in [0.15, 0.2) is 0 Å². The van der Waals surface area contributed by atoms with E-state index in [2.05, 4.69) is 33.0 Å². The maximum atomic E-state index is 5.96. The molecule has 96 valence electrons. The summed E-state index contributed by atoms with van der Waals surface area (Å²) in [6, 6.07) is 0.617. The van der Waals surface area contributed by atoms with E-state index in [0.717, 1.165) is 6.54 Å². The van der Waals surface area contributed by atoms with Crippen molar-refractivity contribution in [2.24, 2.45) is 0 Å². The zero-order valence-electron chi connectivity index (χ0n) is 11.2. The summed E-state index contributed by atoms with van der Waals surface area (Å²) in [5.41, 5.74) is 0.105. The highest BCUT2D eigenvalue weighted by molar-refractivity contribution is 7.99. The van der Waals surface area contributed by atoms with Gasteiger partial charge in [-0.15, -0.1) is 0 Å². The van der Waals surface area contributed by atoms with Crippen molar-refractivity contribution >= 4 is 11.8 Å². The fourth-order valence-electron chi connectivity index (χ4n) is 2.06. The van der Waals surface area contributed by atoms with Gasteiger partial charge < -0.3 is 10.1 Å². The molecule has 0 spiro atoms. The fourth-order valence-corrected chi connectivity index (χ4v) is 2.87. The molecule has 1 heterocycles. The normalized spacial score (nSPS) is 25.9. The minimum absolute atomic E-state index is 0.105. The van der Waals surface area contributed by atoms with Crippen LogP contribution in [0.15, 0.2) is 0 Å². The summed E-state index contributed by atoms with van der Waals surface area (Å²) in [5.74, 6) is 2.49. The fraction of sp³-hybridized carbons (Fsp3) is 1.00. The molecule has 1 aliphatic heterocycles. The Morgan fingerprint density at radius 1 is 1.50 bits per heavy atom. The van der Waals surface area contributed by atoms with Gasteiger partial charge in [-0.05, 0) is 51.5 Å².